The molecule has 3 aromatic rings. The normalized spacial score (nSPS) is 15.7. The zero-order valence-electron chi connectivity index (χ0n) is 14.9. The van der Waals surface area contributed by atoms with Crippen molar-refractivity contribution in [3.8, 4) is 0 Å². The topological polar surface area (TPSA) is 87.0 Å². The number of carbonyl (C=O) groups is 1. The number of rotatable bonds is 4. The molecule has 0 aliphatic carbocycles. The molecule has 0 spiro atoms. The van der Waals surface area contributed by atoms with Gasteiger partial charge in [0.05, 0.1) is 41.7 Å². The second kappa shape index (κ2) is 6.92. The van der Waals surface area contributed by atoms with Gasteiger partial charge in [-0.25, -0.2) is 0 Å². The van der Waals surface area contributed by atoms with Crippen molar-refractivity contribution in [3.63, 3.8) is 0 Å². The Bertz CT molecular complexity index is 929. The average molecular weight is 353 g/mol. The number of H-pyrrole nitrogens is 1. The number of amides is 1. The number of fused-ring (bicyclic) bond motifs is 2. The Balaban J connectivity index is 1.52. The summed E-state index contributed by atoms with van der Waals surface area (Å²) in [4.78, 5) is 14.7. The largest absolute Gasteiger partial charge is 0.387 e. The minimum absolute atomic E-state index is 0.0756. The molecule has 1 aromatic carbocycles. The molecule has 0 bridgehead atoms. The fraction of sp³-hybridized carbons (Fsp3) is 0.421. The summed E-state index contributed by atoms with van der Waals surface area (Å²) in [6.07, 6.45) is 1.24. The van der Waals surface area contributed by atoms with Gasteiger partial charge in [-0.2, -0.15) is 10.2 Å². The summed E-state index contributed by atoms with van der Waals surface area (Å²) < 4.78 is 1.92. The first-order valence-corrected chi connectivity index (χ1v) is 9.10. The summed E-state index contributed by atoms with van der Waals surface area (Å²) in [5.74, 6) is 0.0756. The molecule has 7 heteroatoms. The molecule has 1 unspecified atom stereocenters. The van der Waals surface area contributed by atoms with Crippen LogP contribution in [0.15, 0.2) is 30.3 Å². The van der Waals surface area contributed by atoms with Crippen LogP contribution in [-0.4, -0.2) is 42.4 Å². The molecule has 3 heterocycles. The number of aliphatic hydroxyl groups excluding tert-OH is 1. The molecule has 1 aliphatic rings. The van der Waals surface area contributed by atoms with Crippen molar-refractivity contribution >= 4 is 16.8 Å². The second-order valence-electron chi connectivity index (χ2n) is 6.77. The van der Waals surface area contributed by atoms with Crippen LogP contribution in [0.1, 0.15) is 43.0 Å². The number of aromatic nitrogens is 4. The van der Waals surface area contributed by atoms with Crippen LogP contribution in [0.3, 0.4) is 0 Å². The van der Waals surface area contributed by atoms with Gasteiger partial charge >= 0.3 is 0 Å². The summed E-state index contributed by atoms with van der Waals surface area (Å²) in [6.45, 7) is 3.93. The number of aliphatic hydroxyl groups is 1. The van der Waals surface area contributed by atoms with E-state index in [0.717, 1.165) is 35.3 Å². The quantitative estimate of drug-likeness (QED) is 0.753. The average Bonchev–Trinajstić information content (AvgIpc) is 3.19. The van der Waals surface area contributed by atoms with Gasteiger partial charge in [-0.05, 0) is 25.0 Å². The zero-order valence-corrected chi connectivity index (χ0v) is 14.9. The third kappa shape index (κ3) is 3.10. The van der Waals surface area contributed by atoms with Gasteiger partial charge in [0.2, 0.25) is 5.91 Å². The predicted molar refractivity (Wildman–Crippen MR) is 97.3 cm³/mol. The molecule has 2 N–H and O–H groups in total. The summed E-state index contributed by atoms with van der Waals surface area (Å²) in [7, 11) is 0. The Labute approximate surface area is 151 Å². The molecular formula is C19H23N5O2. The van der Waals surface area contributed by atoms with Crippen LogP contribution in [0.2, 0.25) is 0 Å². The molecule has 26 heavy (non-hydrogen) atoms. The summed E-state index contributed by atoms with van der Waals surface area (Å²) in [5, 5.41) is 22.8. The first-order valence-electron chi connectivity index (χ1n) is 9.10. The molecule has 136 valence electrons. The lowest BCUT2D eigenvalue weighted by Crippen LogP contribution is -2.32. The number of para-hydroxylation sites is 1. The van der Waals surface area contributed by atoms with Crippen molar-refractivity contribution < 1.29 is 9.90 Å². The van der Waals surface area contributed by atoms with E-state index in [-0.39, 0.29) is 5.91 Å². The van der Waals surface area contributed by atoms with Gasteiger partial charge in [-0.3, -0.25) is 14.6 Å². The smallest absolute Gasteiger partial charge is 0.228 e. The summed E-state index contributed by atoms with van der Waals surface area (Å²) in [6, 6.07) is 9.73. The first kappa shape index (κ1) is 16.8. The molecule has 1 amide bonds. The fourth-order valence-electron chi connectivity index (χ4n) is 3.48. The second-order valence-corrected chi connectivity index (χ2v) is 6.77. The minimum atomic E-state index is -0.546. The van der Waals surface area contributed by atoms with Gasteiger partial charge in [0.1, 0.15) is 0 Å². The maximum Gasteiger partial charge on any atom is 0.228 e. The third-order valence-electron chi connectivity index (χ3n) is 4.98. The molecular weight excluding hydrogens is 330 g/mol. The highest BCUT2D eigenvalue weighted by Crippen LogP contribution is 2.21. The van der Waals surface area contributed by atoms with E-state index in [9.17, 15) is 9.90 Å². The van der Waals surface area contributed by atoms with Crippen molar-refractivity contribution in [1.82, 2.24) is 24.9 Å². The molecule has 0 saturated heterocycles. The molecule has 0 radical (unpaired) electrons. The van der Waals surface area contributed by atoms with Crippen LogP contribution < -0.4 is 0 Å². The Kier molecular flexibility index (Phi) is 4.46. The molecule has 0 saturated carbocycles. The van der Waals surface area contributed by atoms with Gasteiger partial charge in [-0.15, -0.1) is 0 Å². The lowest BCUT2D eigenvalue weighted by atomic mass is 10.1. The maximum absolute atomic E-state index is 12.9. The van der Waals surface area contributed by atoms with Gasteiger partial charge in [0.25, 0.3) is 0 Å². The van der Waals surface area contributed by atoms with E-state index >= 15 is 0 Å². The zero-order chi connectivity index (χ0) is 18.1. The Morgan fingerprint density at radius 1 is 1.35 bits per heavy atom. The lowest BCUT2D eigenvalue weighted by Gasteiger charge is -2.19. The number of aryl methyl sites for hydroxylation is 1. The van der Waals surface area contributed by atoms with E-state index in [0.29, 0.717) is 31.6 Å². The van der Waals surface area contributed by atoms with E-state index in [1.54, 1.807) is 0 Å². The van der Waals surface area contributed by atoms with Gasteiger partial charge in [0, 0.05) is 18.5 Å². The number of nitrogens with zero attached hydrogens (tertiary/aromatic N) is 4. The van der Waals surface area contributed by atoms with Crippen LogP contribution in [-0.2, 0) is 24.3 Å². The highest BCUT2D eigenvalue weighted by atomic mass is 16.3. The standard InChI is InChI=1S/C19H23N5O2/c1-2-18(25)17-10-13-12-23(8-5-9-24(13)22-17)19(26)11-16-14-6-3-4-7-15(14)20-21-16/h3-4,6-7,10,18,25H,2,5,8-9,11-12H2,1H3,(H,20,21). The molecule has 7 nitrogen and oxygen atoms in total. The molecule has 4 rings (SSSR count). The number of nitrogens with one attached hydrogen (secondary N) is 1. The monoisotopic (exact) mass is 353 g/mol. The Hall–Kier alpha value is -2.67. The van der Waals surface area contributed by atoms with Gasteiger partial charge in [-0.1, -0.05) is 25.1 Å². The van der Waals surface area contributed by atoms with Gasteiger partial charge < -0.3 is 10.0 Å². The predicted octanol–water partition coefficient (Wildman–Crippen LogP) is 2.18. The Morgan fingerprint density at radius 3 is 3.04 bits per heavy atom. The van der Waals surface area contributed by atoms with Gasteiger partial charge in [0.15, 0.2) is 0 Å². The van der Waals surface area contributed by atoms with Crippen molar-refractivity contribution in [2.75, 3.05) is 6.54 Å². The SMILES string of the molecule is CCC(O)c1cc2n(n1)CCCN(C(=O)Cc1[nH]nc3ccccc13)C2. The maximum atomic E-state index is 12.9. The van der Waals surface area contributed by atoms with Crippen LogP contribution in [0.4, 0.5) is 0 Å². The number of hydrogen-bond acceptors (Lipinski definition) is 4. The van der Waals surface area contributed by atoms with Crippen molar-refractivity contribution in [3.05, 3.63) is 47.4 Å². The van der Waals surface area contributed by atoms with E-state index in [4.69, 9.17) is 0 Å². The molecule has 0 fully saturated rings. The van der Waals surface area contributed by atoms with Crippen LogP contribution in [0, 0.1) is 0 Å². The highest BCUT2D eigenvalue weighted by Gasteiger charge is 2.23. The van der Waals surface area contributed by atoms with Crippen molar-refractivity contribution in [2.45, 2.75) is 45.4 Å². The third-order valence-corrected chi connectivity index (χ3v) is 4.98. The minimum Gasteiger partial charge on any atom is -0.387 e. The van der Waals surface area contributed by atoms with E-state index in [2.05, 4.69) is 15.3 Å². The van der Waals surface area contributed by atoms with Crippen molar-refractivity contribution in [2.24, 2.45) is 0 Å². The van der Waals surface area contributed by atoms with Crippen molar-refractivity contribution in [1.29, 1.82) is 0 Å². The fourth-order valence-corrected chi connectivity index (χ4v) is 3.48. The number of carbonyl (C=O) groups excluding carboxylic acids is 1. The summed E-state index contributed by atoms with van der Waals surface area (Å²) in [5.41, 5.74) is 3.40. The number of benzene rings is 1. The molecule has 1 aliphatic heterocycles. The molecule has 2 aromatic heterocycles. The van der Waals surface area contributed by atoms with E-state index < -0.39 is 6.10 Å². The van der Waals surface area contributed by atoms with E-state index in [1.807, 2.05) is 46.8 Å². The van der Waals surface area contributed by atoms with Crippen LogP contribution in [0.25, 0.3) is 10.9 Å². The number of hydrogen-bond donors (Lipinski definition) is 2. The Morgan fingerprint density at radius 2 is 2.19 bits per heavy atom. The first-order chi connectivity index (χ1) is 12.7. The molecule has 1 atom stereocenters. The summed E-state index contributed by atoms with van der Waals surface area (Å²) >= 11 is 0. The van der Waals surface area contributed by atoms with E-state index in [1.165, 1.54) is 0 Å². The number of aromatic amines is 1. The van der Waals surface area contributed by atoms with Crippen LogP contribution >= 0.6 is 0 Å². The highest BCUT2D eigenvalue weighted by molar-refractivity contribution is 5.87. The lowest BCUT2D eigenvalue weighted by molar-refractivity contribution is -0.131. The van der Waals surface area contributed by atoms with Crippen LogP contribution in [0.5, 0.6) is 0 Å².